The van der Waals surface area contributed by atoms with Crippen LogP contribution in [0, 0.1) is 9.39 Å². The van der Waals surface area contributed by atoms with Gasteiger partial charge < -0.3 is 10.1 Å². The van der Waals surface area contributed by atoms with Crippen LogP contribution in [0.2, 0.25) is 0 Å². The molecule has 1 fully saturated rings. The second kappa shape index (κ2) is 8.51. The summed E-state index contributed by atoms with van der Waals surface area (Å²) < 4.78 is 19.6. The van der Waals surface area contributed by atoms with Crippen LogP contribution in [0.3, 0.4) is 0 Å². The molecule has 1 aliphatic rings. The number of hydrogen-bond acceptors (Lipinski definition) is 3. The van der Waals surface area contributed by atoms with Crippen molar-refractivity contribution in [3.8, 4) is 5.75 Å². The Morgan fingerprint density at radius 3 is 2.59 bits per heavy atom. The molecule has 7 heteroatoms. The van der Waals surface area contributed by atoms with Crippen molar-refractivity contribution < 1.29 is 18.7 Å². The number of nitrogens with one attached hydrogen (secondary N) is 1. The standard InChI is InChI=1S/C20H18FIN2O3/c1-2-9-24-19(25)17(23-20(24)26)11-14-5-8-18(16(22)10-14)27-12-13-3-6-15(21)7-4-13/h3-8,10-11H,2,9,12H2,1H3,(H,23,26)/b17-11+. The lowest BCUT2D eigenvalue weighted by Crippen LogP contribution is -2.31. The molecule has 5 nitrogen and oxygen atoms in total. The van der Waals surface area contributed by atoms with Crippen LogP contribution in [0.25, 0.3) is 6.08 Å². The summed E-state index contributed by atoms with van der Waals surface area (Å²) in [5, 5.41) is 2.61. The lowest BCUT2D eigenvalue weighted by molar-refractivity contribution is -0.122. The predicted molar refractivity (Wildman–Crippen MR) is 108 cm³/mol. The third kappa shape index (κ3) is 4.65. The van der Waals surface area contributed by atoms with Crippen molar-refractivity contribution in [3.63, 3.8) is 0 Å². The summed E-state index contributed by atoms with van der Waals surface area (Å²) in [6.45, 7) is 2.64. The molecule has 140 valence electrons. The number of carbonyl (C=O) groups excluding carboxylic acids is 2. The minimum absolute atomic E-state index is 0.268. The van der Waals surface area contributed by atoms with E-state index in [2.05, 4.69) is 27.9 Å². The molecule has 0 unspecified atom stereocenters. The quantitative estimate of drug-likeness (QED) is 0.381. The van der Waals surface area contributed by atoms with E-state index >= 15 is 0 Å². The Labute approximate surface area is 170 Å². The number of urea groups is 1. The number of carbonyl (C=O) groups is 2. The monoisotopic (exact) mass is 480 g/mol. The van der Waals surface area contributed by atoms with Crippen LogP contribution in [-0.2, 0) is 11.4 Å². The Bertz CT molecular complexity index is 897. The smallest absolute Gasteiger partial charge is 0.329 e. The van der Waals surface area contributed by atoms with E-state index in [4.69, 9.17) is 4.74 Å². The van der Waals surface area contributed by atoms with E-state index in [-0.39, 0.29) is 23.5 Å². The van der Waals surface area contributed by atoms with E-state index in [1.165, 1.54) is 17.0 Å². The van der Waals surface area contributed by atoms with Gasteiger partial charge in [-0.3, -0.25) is 9.69 Å². The molecule has 1 heterocycles. The van der Waals surface area contributed by atoms with Crippen LogP contribution in [0.5, 0.6) is 5.75 Å². The molecule has 1 aliphatic heterocycles. The van der Waals surface area contributed by atoms with Gasteiger partial charge in [0.25, 0.3) is 5.91 Å². The molecule has 3 amide bonds. The Hall–Kier alpha value is -2.42. The summed E-state index contributed by atoms with van der Waals surface area (Å²) in [5.41, 5.74) is 1.92. The van der Waals surface area contributed by atoms with Gasteiger partial charge in [0.1, 0.15) is 23.9 Å². The van der Waals surface area contributed by atoms with Crippen LogP contribution in [-0.4, -0.2) is 23.4 Å². The molecule has 3 rings (SSSR count). The maximum atomic E-state index is 12.9. The highest BCUT2D eigenvalue weighted by Gasteiger charge is 2.32. The van der Waals surface area contributed by atoms with Gasteiger partial charge in [-0.05, 0) is 70.5 Å². The average Bonchev–Trinajstić information content (AvgIpc) is 2.90. The molecule has 2 aromatic rings. The molecule has 0 radical (unpaired) electrons. The number of nitrogens with zero attached hydrogens (tertiary/aromatic N) is 1. The highest BCUT2D eigenvalue weighted by Crippen LogP contribution is 2.25. The van der Waals surface area contributed by atoms with Crippen molar-refractivity contribution in [1.29, 1.82) is 0 Å². The second-order valence-corrected chi connectivity index (χ2v) is 7.21. The Morgan fingerprint density at radius 2 is 1.93 bits per heavy atom. The average molecular weight is 480 g/mol. The third-order valence-corrected chi connectivity index (χ3v) is 4.83. The molecule has 1 N–H and O–H groups in total. The van der Waals surface area contributed by atoms with E-state index < -0.39 is 0 Å². The Morgan fingerprint density at radius 1 is 1.19 bits per heavy atom. The van der Waals surface area contributed by atoms with Crippen molar-refractivity contribution in [2.75, 3.05) is 6.54 Å². The Kier molecular flexibility index (Phi) is 6.10. The van der Waals surface area contributed by atoms with E-state index in [9.17, 15) is 14.0 Å². The number of benzene rings is 2. The summed E-state index contributed by atoms with van der Waals surface area (Å²) >= 11 is 2.15. The van der Waals surface area contributed by atoms with Crippen LogP contribution in [0.4, 0.5) is 9.18 Å². The first-order valence-corrected chi connectivity index (χ1v) is 9.57. The topological polar surface area (TPSA) is 58.6 Å². The van der Waals surface area contributed by atoms with Gasteiger partial charge in [0, 0.05) is 6.54 Å². The van der Waals surface area contributed by atoms with Gasteiger partial charge in [0.15, 0.2) is 0 Å². The molecule has 0 atom stereocenters. The second-order valence-electron chi connectivity index (χ2n) is 6.05. The number of hydrogen-bond donors (Lipinski definition) is 1. The first-order valence-electron chi connectivity index (χ1n) is 8.49. The molecule has 2 aromatic carbocycles. The van der Waals surface area contributed by atoms with Gasteiger partial charge in [-0.1, -0.05) is 25.1 Å². The normalized spacial score (nSPS) is 15.4. The number of ether oxygens (including phenoxy) is 1. The first kappa shape index (κ1) is 19.3. The van der Waals surface area contributed by atoms with E-state index in [0.29, 0.717) is 25.3 Å². The van der Waals surface area contributed by atoms with E-state index in [1.54, 1.807) is 18.2 Å². The number of imide groups is 1. The first-order chi connectivity index (χ1) is 13.0. The molecule has 1 saturated heterocycles. The SMILES string of the molecule is CCCN1C(=O)N/C(=C/c2ccc(OCc3ccc(F)cc3)c(I)c2)C1=O. The highest BCUT2D eigenvalue weighted by molar-refractivity contribution is 14.1. The van der Waals surface area contributed by atoms with Gasteiger partial charge in [0.2, 0.25) is 0 Å². The summed E-state index contributed by atoms with van der Waals surface area (Å²) in [7, 11) is 0. The van der Waals surface area contributed by atoms with Gasteiger partial charge in [0.05, 0.1) is 3.57 Å². The zero-order valence-corrected chi connectivity index (χ0v) is 16.8. The fourth-order valence-corrected chi connectivity index (χ4v) is 3.33. The molecule has 0 aromatic heterocycles. The molecule has 27 heavy (non-hydrogen) atoms. The summed E-state index contributed by atoms with van der Waals surface area (Å²) in [5.74, 6) is 0.0988. The van der Waals surface area contributed by atoms with Crippen molar-refractivity contribution in [1.82, 2.24) is 10.2 Å². The molecule has 0 spiro atoms. The predicted octanol–water partition coefficient (Wildman–Crippen LogP) is 4.31. The Balaban J connectivity index is 1.70. The maximum Gasteiger partial charge on any atom is 0.329 e. The third-order valence-electron chi connectivity index (χ3n) is 3.98. The number of rotatable bonds is 6. The van der Waals surface area contributed by atoms with Crippen molar-refractivity contribution in [3.05, 3.63) is 68.7 Å². The molecule has 0 saturated carbocycles. The minimum atomic E-state index is -0.387. The summed E-state index contributed by atoms with van der Waals surface area (Å²) in [6, 6.07) is 11.3. The van der Waals surface area contributed by atoms with Gasteiger partial charge in [-0.25, -0.2) is 9.18 Å². The zero-order valence-electron chi connectivity index (χ0n) is 14.7. The van der Waals surface area contributed by atoms with Crippen LogP contribution in [0.15, 0.2) is 48.2 Å². The fourth-order valence-electron chi connectivity index (χ4n) is 2.63. The number of amides is 3. The van der Waals surface area contributed by atoms with E-state index in [0.717, 1.165) is 14.7 Å². The molecule has 0 aliphatic carbocycles. The van der Waals surface area contributed by atoms with Gasteiger partial charge in [-0.15, -0.1) is 0 Å². The molecular weight excluding hydrogens is 462 g/mol. The molecular formula is C20H18FIN2O3. The fraction of sp³-hybridized carbons (Fsp3) is 0.200. The van der Waals surface area contributed by atoms with Crippen molar-refractivity contribution in [2.24, 2.45) is 0 Å². The van der Waals surface area contributed by atoms with Gasteiger partial charge >= 0.3 is 6.03 Å². The maximum absolute atomic E-state index is 12.9. The van der Waals surface area contributed by atoms with Crippen LogP contribution >= 0.6 is 22.6 Å². The lowest BCUT2D eigenvalue weighted by Gasteiger charge is -2.09. The van der Waals surface area contributed by atoms with Crippen molar-refractivity contribution >= 4 is 40.6 Å². The minimum Gasteiger partial charge on any atom is -0.488 e. The van der Waals surface area contributed by atoms with E-state index in [1.807, 2.05) is 25.1 Å². The van der Waals surface area contributed by atoms with Crippen LogP contribution < -0.4 is 10.1 Å². The van der Waals surface area contributed by atoms with Crippen molar-refractivity contribution in [2.45, 2.75) is 20.0 Å². The summed E-state index contributed by atoms with van der Waals surface area (Å²) in [6.07, 6.45) is 2.37. The van der Waals surface area contributed by atoms with Crippen LogP contribution in [0.1, 0.15) is 24.5 Å². The highest BCUT2D eigenvalue weighted by atomic mass is 127. The molecule has 0 bridgehead atoms. The lowest BCUT2D eigenvalue weighted by atomic mass is 10.2. The van der Waals surface area contributed by atoms with Gasteiger partial charge in [-0.2, -0.15) is 0 Å². The summed E-state index contributed by atoms with van der Waals surface area (Å²) in [4.78, 5) is 25.3. The largest absolute Gasteiger partial charge is 0.488 e. The zero-order chi connectivity index (χ0) is 19.4. The number of halogens is 2.